The van der Waals surface area contributed by atoms with E-state index in [4.69, 9.17) is 4.74 Å². The van der Waals surface area contributed by atoms with Crippen LogP contribution in [-0.2, 0) is 16.0 Å². The zero-order valence-electron chi connectivity index (χ0n) is 19.5. The fourth-order valence-electron chi connectivity index (χ4n) is 4.88. The standard InChI is InChI=1S/C24H38N4O3/c1-20(19-31-4)26-17-12-24(13-18-26)22(29)27(15-8-14-25(2)3)23(30)28(24)16-11-21-9-6-5-7-10-21/h5-7,9-10,20H,8,11-19H2,1-4H3. The Kier molecular flexibility index (Phi) is 8.08. The highest BCUT2D eigenvalue weighted by Gasteiger charge is 2.57. The summed E-state index contributed by atoms with van der Waals surface area (Å²) >= 11 is 0. The van der Waals surface area contributed by atoms with Gasteiger partial charge < -0.3 is 14.5 Å². The van der Waals surface area contributed by atoms with E-state index < -0.39 is 5.54 Å². The summed E-state index contributed by atoms with van der Waals surface area (Å²) in [5.41, 5.74) is 0.489. The second-order valence-corrected chi connectivity index (χ2v) is 9.16. The first-order valence-corrected chi connectivity index (χ1v) is 11.4. The Morgan fingerprint density at radius 2 is 1.77 bits per heavy atom. The lowest BCUT2D eigenvalue weighted by Crippen LogP contribution is -2.58. The van der Waals surface area contributed by atoms with Crippen molar-refractivity contribution in [3.63, 3.8) is 0 Å². The molecule has 1 atom stereocenters. The Morgan fingerprint density at radius 1 is 1.10 bits per heavy atom. The molecule has 2 heterocycles. The predicted molar refractivity (Wildman–Crippen MR) is 122 cm³/mol. The number of likely N-dealkylation sites (tertiary alicyclic amines) is 1. The van der Waals surface area contributed by atoms with Crippen molar-refractivity contribution in [3.8, 4) is 0 Å². The number of methoxy groups -OCH3 is 1. The SMILES string of the molecule is COCC(C)N1CCC2(CC1)C(=O)N(CCCN(C)C)C(=O)N2CCc1ccccc1. The highest BCUT2D eigenvalue weighted by atomic mass is 16.5. The van der Waals surface area contributed by atoms with Crippen molar-refractivity contribution in [2.24, 2.45) is 0 Å². The average Bonchev–Trinajstić information content (AvgIpc) is 2.94. The molecule has 172 valence electrons. The quantitative estimate of drug-likeness (QED) is 0.533. The Hall–Kier alpha value is -1.96. The van der Waals surface area contributed by atoms with Gasteiger partial charge in [-0.15, -0.1) is 0 Å². The number of ether oxygens (including phenoxy) is 1. The molecule has 1 aromatic carbocycles. The van der Waals surface area contributed by atoms with E-state index in [1.54, 1.807) is 7.11 Å². The van der Waals surface area contributed by atoms with Crippen molar-refractivity contribution in [1.29, 1.82) is 0 Å². The minimum atomic E-state index is -0.701. The summed E-state index contributed by atoms with van der Waals surface area (Å²) in [6.45, 7) is 6.36. The van der Waals surface area contributed by atoms with Gasteiger partial charge in [-0.3, -0.25) is 14.6 Å². The van der Waals surface area contributed by atoms with Crippen molar-refractivity contribution in [1.82, 2.24) is 19.6 Å². The van der Waals surface area contributed by atoms with Gasteiger partial charge >= 0.3 is 6.03 Å². The smallest absolute Gasteiger partial charge is 0.327 e. The number of piperidine rings is 1. The molecular weight excluding hydrogens is 392 g/mol. The van der Waals surface area contributed by atoms with Crippen LogP contribution in [0.5, 0.6) is 0 Å². The summed E-state index contributed by atoms with van der Waals surface area (Å²) in [6, 6.07) is 10.4. The summed E-state index contributed by atoms with van der Waals surface area (Å²) in [5, 5.41) is 0. The van der Waals surface area contributed by atoms with Gasteiger partial charge in [-0.05, 0) is 58.8 Å². The van der Waals surface area contributed by atoms with Gasteiger partial charge in [-0.1, -0.05) is 30.3 Å². The van der Waals surface area contributed by atoms with Crippen molar-refractivity contribution in [2.45, 2.75) is 44.2 Å². The van der Waals surface area contributed by atoms with Gasteiger partial charge in [-0.2, -0.15) is 0 Å². The number of carbonyl (C=O) groups is 2. The van der Waals surface area contributed by atoms with Crippen LogP contribution >= 0.6 is 0 Å². The van der Waals surface area contributed by atoms with E-state index in [0.29, 0.717) is 38.6 Å². The van der Waals surface area contributed by atoms with E-state index in [9.17, 15) is 9.59 Å². The number of rotatable bonds is 10. The lowest BCUT2D eigenvalue weighted by molar-refractivity contribution is -0.136. The number of hydrogen-bond acceptors (Lipinski definition) is 5. The van der Waals surface area contributed by atoms with Crippen LogP contribution in [0.25, 0.3) is 0 Å². The Labute approximate surface area is 186 Å². The molecule has 0 saturated carbocycles. The van der Waals surface area contributed by atoms with Gasteiger partial charge in [-0.25, -0.2) is 4.79 Å². The van der Waals surface area contributed by atoms with E-state index >= 15 is 0 Å². The first-order valence-electron chi connectivity index (χ1n) is 11.4. The molecule has 7 nitrogen and oxygen atoms in total. The molecule has 7 heteroatoms. The zero-order valence-corrected chi connectivity index (χ0v) is 19.5. The third-order valence-corrected chi connectivity index (χ3v) is 6.73. The Morgan fingerprint density at radius 3 is 2.39 bits per heavy atom. The minimum Gasteiger partial charge on any atom is -0.383 e. The number of hydrogen-bond donors (Lipinski definition) is 0. The molecule has 1 unspecified atom stereocenters. The van der Waals surface area contributed by atoms with Gasteiger partial charge in [0.1, 0.15) is 5.54 Å². The maximum atomic E-state index is 13.6. The van der Waals surface area contributed by atoms with Crippen molar-refractivity contribution in [2.75, 3.05) is 60.5 Å². The third-order valence-electron chi connectivity index (χ3n) is 6.73. The lowest BCUT2D eigenvalue weighted by Gasteiger charge is -2.44. The van der Waals surface area contributed by atoms with Crippen molar-refractivity contribution in [3.05, 3.63) is 35.9 Å². The predicted octanol–water partition coefficient (Wildman–Crippen LogP) is 2.31. The van der Waals surface area contributed by atoms with Crippen LogP contribution in [0.4, 0.5) is 4.79 Å². The van der Waals surface area contributed by atoms with Gasteiger partial charge in [0.15, 0.2) is 0 Å². The highest BCUT2D eigenvalue weighted by molar-refractivity contribution is 6.07. The number of nitrogens with zero attached hydrogens (tertiary/aromatic N) is 4. The molecule has 2 aliphatic heterocycles. The van der Waals surface area contributed by atoms with Gasteiger partial charge in [0.2, 0.25) is 0 Å². The van der Waals surface area contributed by atoms with Crippen molar-refractivity contribution >= 4 is 11.9 Å². The summed E-state index contributed by atoms with van der Waals surface area (Å²) in [7, 11) is 5.74. The molecule has 1 aromatic rings. The maximum Gasteiger partial charge on any atom is 0.327 e. The van der Waals surface area contributed by atoms with E-state index in [0.717, 1.165) is 32.5 Å². The monoisotopic (exact) mass is 430 g/mol. The molecule has 2 saturated heterocycles. The maximum absolute atomic E-state index is 13.6. The van der Waals surface area contributed by atoms with Gasteiger partial charge in [0.05, 0.1) is 6.61 Å². The summed E-state index contributed by atoms with van der Waals surface area (Å²) in [6.07, 6.45) is 2.93. The van der Waals surface area contributed by atoms with Crippen LogP contribution in [0.1, 0.15) is 31.7 Å². The topological polar surface area (TPSA) is 56.3 Å². The second-order valence-electron chi connectivity index (χ2n) is 9.16. The molecule has 0 N–H and O–H groups in total. The Bertz CT molecular complexity index is 732. The molecular formula is C24H38N4O3. The average molecular weight is 431 g/mol. The first kappa shape index (κ1) is 23.7. The largest absolute Gasteiger partial charge is 0.383 e. The zero-order chi connectivity index (χ0) is 22.4. The van der Waals surface area contributed by atoms with Crippen LogP contribution in [0.2, 0.25) is 0 Å². The summed E-state index contributed by atoms with van der Waals surface area (Å²) < 4.78 is 5.32. The first-order chi connectivity index (χ1) is 14.9. The molecule has 0 bridgehead atoms. The lowest BCUT2D eigenvalue weighted by atomic mass is 9.85. The van der Waals surface area contributed by atoms with E-state index in [1.807, 2.05) is 37.2 Å². The number of urea groups is 1. The van der Waals surface area contributed by atoms with E-state index in [1.165, 1.54) is 10.5 Å². The van der Waals surface area contributed by atoms with Crippen LogP contribution < -0.4 is 0 Å². The normalized spacial score (nSPS) is 20.3. The molecule has 2 aliphatic rings. The minimum absolute atomic E-state index is 0.00311. The number of carbonyl (C=O) groups excluding carboxylic acids is 2. The number of benzene rings is 1. The van der Waals surface area contributed by atoms with Crippen molar-refractivity contribution < 1.29 is 14.3 Å². The van der Waals surface area contributed by atoms with Crippen LogP contribution in [0, 0.1) is 0 Å². The third kappa shape index (κ3) is 5.27. The second kappa shape index (κ2) is 10.6. The molecule has 1 spiro atoms. The molecule has 31 heavy (non-hydrogen) atoms. The highest BCUT2D eigenvalue weighted by Crippen LogP contribution is 2.38. The van der Waals surface area contributed by atoms with Crippen LogP contribution in [0.3, 0.4) is 0 Å². The van der Waals surface area contributed by atoms with Gasteiger partial charge in [0, 0.05) is 39.3 Å². The van der Waals surface area contributed by atoms with Gasteiger partial charge in [0.25, 0.3) is 5.91 Å². The molecule has 0 aliphatic carbocycles. The molecule has 3 rings (SSSR count). The van der Waals surface area contributed by atoms with Crippen LogP contribution in [0.15, 0.2) is 30.3 Å². The molecule has 0 radical (unpaired) electrons. The molecule has 0 aromatic heterocycles. The van der Waals surface area contributed by atoms with Crippen LogP contribution in [-0.4, -0.2) is 104 Å². The number of imide groups is 1. The summed E-state index contributed by atoms with van der Waals surface area (Å²) in [4.78, 5) is 34.8. The van der Waals surface area contributed by atoms with E-state index in [2.05, 4.69) is 28.9 Å². The Balaban J connectivity index is 1.75. The summed E-state index contributed by atoms with van der Waals surface area (Å²) in [5.74, 6) is 0.00311. The molecule has 2 fully saturated rings. The van der Waals surface area contributed by atoms with E-state index in [-0.39, 0.29) is 11.9 Å². The fourth-order valence-corrected chi connectivity index (χ4v) is 4.88. The fraction of sp³-hybridized carbons (Fsp3) is 0.667. The number of amides is 3. The molecule has 3 amide bonds.